The first-order chi connectivity index (χ1) is 5.52. The van der Waals surface area contributed by atoms with Gasteiger partial charge in [-0.25, -0.2) is 8.78 Å². The van der Waals surface area contributed by atoms with E-state index >= 15 is 0 Å². The predicted octanol–water partition coefficient (Wildman–Crippen LogP) is 2.55. The van der Waals surface area contributed by atoms with E-state index in [0.29, 0.717) is 25.7 Å². The summed E-state index contributed by atoms with van der Waals surface area (Å²) in [4.78, 5) is 10.7. The van der Waals surface area contributed by atoms with Crippen molar-refractivity contribution in [2.75, 3.05) is 0 Å². The predicted molar refractivity (Wildman–Crippen MR) is 40.1 cm³/mol. The van der Waals surface area contributed by atoms with Crippen LogP contribution in [0.15, 0.2) is 0 Å². The minimum atomic E-state index is -2.45. The fourth-order valence-electron chi connectivity index (χ4n) is 2.28. The molecule has 2 saturated carbocycles. The van der Waals surface area contributed by atoms with E-state index in [-0.39, 0.29) is 24.0 Å². The molecule has 1 nitrogen and oxygen atoms in total. The summed E-state index contributed by atoms with van der Waals surface area (Å²) in [7, 11) is 0. The summed E-state index contributed by atoms with van der Waals surface area (Å²) in [5.74, 6) is -2.20. The Morgan fingerprint density at radius 1 is 1.00 bits per heavy atom. The number of halogens is 2. The summed E-state index contributed by atoms with van der Waals surface area (Å²) in [5, 5.41) is 0. The SMILES string of the molecule is O=C1CC2(CCC(F)(F)CC2)C1. The van der Waals surface area contributed by atoms with Gasteiger partial charge >= 0.3 is 0 Å². The molecule has 12 heavy (non-hydrogen) atoms. The molecule has 2 aliphatic carbocycles. The summed E-state index contributed by atoms with van der Waals surface area (Å²) < 4.78 is 25.4. The Morgan fingerprint density at radius 3 is 1.92 bits per heavy atom. The summed E-state index contributed by atoms with van der Waals surface area (Å²) in [6, 6.07) is 0. The van der Waals surface area contributed by atoms with Gasteiger partial charge in [0.2, 0.25) is 5.92 Å². The van der Waals surface area contributed by atoms with Crippen molar-refractivity contribution in [3.8, 4) is 0 Å². The third-order valence-corrected chi connectivity index (χ3v) is 3.19. The van der Waals surface area contributed by atoms with Gasteiger partial charge < -0.3 is 0 Å². The third kappa shape index (κ3) is 1.25. The van der Waals surface area contributed by atoms with Gasteiger partial charge in [0.15, 0.2) is 0 Å². The van der Waals surface area contributed by atoms with Crippen LogP contribution in [-0.2, 0) is 4.79 Å². The van der Waals surface area contributed by atoms with E-state index in [2.05, 4.69) is 0 Å². The lowest BCUT2D eigenvalue weighted by molar-refractivity contribution is -0.142. The number of carbonyl (C=O) groups excluding carboxylic acids is 1. The molecule has 3 heteroatoms. The Kier molecular flexibility index (Phi) is 1.54. The first-order valence-electron chi connectivity index (χ1n) is 4.41. The van der Waals surface area contributed by atoms with Gasteiger partial charge in [-0.2, -0.15) is 0 Å². The zero-order valence-electron chi connectivity index (χ0n) is 6.91. The number of Topliss-reactive ketones (excluding diaryl/α,β-unsaturated/α-hetero) is 1. The van der Waals surface area contributed by atoms with E-state index in [0.717, 1.165) is 0 Å². The fraction of sp³-hybridized carbons (Fsp3) is 0.889. The highest BCUT2D eigenvalue weighted by molar-refractivity contribution is 5.86. The van der Waals surface area contributed by atoms with Gasteiger partial charge in [0.05, 0.1) is 0 Å². The second kappa shape index (κ2) is 2.27. The van der Waals surface area contributed by atoms with Crippen LogP contribution in [0.5, 0.6) is 0 Å². The maximum atomic E-state index is 12.7. The van der Waals surface area contributed by atoms with Crippen LogP contribution in [0.3, 0.4) is 0 Å². The van der Waals surface area contributed by atoms with Gasteiger partial charge in [0.1, 0.15) is 5.78 Å². The largest absolute Gasteiger partial charge is 0.300 e. The lowest BCUT2D eigenvalue weighted by Crippen LogP contribution is -2.43. The molecule has 0 aromatic heterocycles. The molecule has 2 aliphatic rings. The highest BCUT2D eigenvalue weighted by Gasteiger charge is 2.49. The van der Waals surface area contributed by atoms with Crippen molar-refractivity contribution < 1.29 is 13.6 Å². The quantitative estimate of drug-likeness (QED) is 0.551. The Labute approximate surface area is 70.1 Å². The maximum absolute atomic E-state index is 12.7. The average Bonchev–Trinajstić information content (AvgIpc) is 1.92. The molecule has 0 N–H and O–H groups in total. The van der Waals surface area contributed by atoms with Gasteiger partial charge in [-0.15, -0.1) is 0 Å². The Hall–Kier alpha value is -0.470. The van der Waals surface area contributed by atoms with Crippen molar-refractivity contribution >= 4 is 5.78 Å². The van der Waals surface area contributed by atoms with E-state index in [9.17, 15) is 13.6 Å². The minimum absolute atomic E-state index is 0.00123. The molecule has 68 valence electrons. The standard InChI is InChI=1S/C9H12F2O/c10-9(11)3-1-8(2-4-9)5-7(12)6-8/h1-6H2. The topological polar surface area (TPSA) is 17.1 Å². The highest BCUT2D eigenvalue weighted by Crippen LogP contribution is 2.52. The van der Waals surface area contributed by atoms with Crippen LogP contribution in [0, 0.1) is 5.41 Å². The molecule has 0 heterocycles. The van der Waals surface area contributed by atoms with Crippen molar-refractivity contribution in [3.05, 3.63) is 0 Å². The highest BCUT2D eigenvalue weighted by atomic mass is 19.3. The summed E-state index contributed by atoms with van der Waals surface area (Å²) in [6.07, 6.45) is 2.18. The molecule has 0 aliphatic heterocycles. The number of hydrogen-bond donors (Lipinski definition) is 0. The van der Waals surface area contributed by atoms with Crippen LogP contribution < -0.4 is 0 Å². The Bertz CT molecular complexity index is 203. The van der Waals surface area contributed by atoms with E-state index in [1.165, 1.54) is 0 Å². The molecule has 0 saturated heterocycles. The smallest absolute Gasteiger partial charge is 0.248 e. The van der Waals surface area contributed by atoms with Gasteiger partial charge in [-0.3, -0.25) is 4.79 Å². The second-order valence-corrected chi connectivity index (χ2v) is 4.25. The van der Waals surface area contributed by atoms with Crippen molar-refractivity contribution in [1.29, 1.82) is 0 Å². The molecule has 0 radical (unpaired) electrons. The number of ketones is 1. The van der Waals surface area contributed by atoms with Crippen LogP contribution in [0.4, 0.5) is 8.78 Å². The van der Waals surface area contributed by atoms with Crippen LogP contribution >= 0.6 is 0 Å². The second-order valence-electron chi connectivity index (χ2n) is 4.25. The number of alkyl halides is 2. The molecule has 0 unspecified atom stereocenters. The molecule has 0 aromatic carbocycles. The molecule has 0 atom stereocenters. The third-order valence-electron chi connectivity index (χ3n) is 3.19. The van der Waals surface area contributed by atoms with E-state index < -0.39 is 5.92 Å². The lowest BCUT2D eigenvalue weighted by atomic mass is 9.59. The molecule has 2 fully saturated rings. The summed E-state index contributed by atoms with van der Waals surface area (Å²) >= 11 is 0. The number of carbonyl (C=O) groups is 1. The molecule has 0 aromatic rings. The molecule has 1 spiro atoms. The van der Waals surface area contributed by atoms with Crippen molar-refractivity contribution in [2.24, 2.45) is 5.41 Å². The van der Waals surface area contributed by atoms with Crippen LogP contribution in [0.2, 0.25) is 0 Å². The first kappa shape index (κ1) is 8.14. The van der Waals surface area contributed by atoms with Gasteiger partial charge in [-0.05, 0) is 18.3 Å². The van der Waals surface area contributed by atoms with Crippen LogP contribution in [0.1, 0.15) is 38.5 Å². The normalized spacial score (nSPS) is 31.7. The van der Waals surface area contributed by atoms with Crippen molar-refractivity contribution in [3.63, 3.8) is 0 Å². The van der Waals surface area contributed by atoms with Gasteiger partial charge in [-0.1, -0.05) is 0 Å². The van der Waals surface area contributed by atoms with Gasteiger partial charge in [0, 0.05) is 25.7 Å². The van der Waals surface area contributed by atoms with Gasteiger partial charge in [0.25, 0.3) is 0 Å². The Morgan fingerprint density at radius 2 is 1.50 bits per heavy atom. The zero-order chi connectivity index (χ0) is 8.82. The fourth-order valence-corrected chi connectivity index (χ4v) is 2.28. The van der Waals surface area contributed by atoms with Crippen LogP contribution in [-0.4, -0.2) is 11.7 Å². The number of rotatable bonds is 0. The van der Waals surface area contributed by atoms with Crippen molar-refractivity contribution in [1.82, 2.24) is 0 Å². The average molecular weight is 174 g/mol. The molecule has 0 bridgehead atoms. The summed E-state index contributed by atoms with van der Waals surface area (Å²) in [5.41, 5.74) is -0.00123. The monoisotopic (exact) mass is 174 g/mol. The molecule has 2 rings (SSSR count). The molecular formula is C9H12F2O. The van der Waals surface area contributed by atoms with E-state index in [1.807, 2.05) is 0 Å². The number of hydrogen-bond acceptors (Lipinski definition) is 1. The minimum Gasteiger partial charge on any atom is -0.300 e. The van der Waals surface area contributed by atoms with Crippen molar-refractivity contribution in [2.45, 2.75) is 44.4 Å². The zero-order valence-corrected chi connectivity index (χ0v) is 6.91. The molecular weight excluding hydrogens is 162 g/mol. The Balaban J connectivity index is 1.95. The van der Waals surface area contributed by atoms with E-state index in [4.69, 9.17) is 0 Å². The maximum Gasteiger partial charge on any atom is 0.248 e. The van der Waals surface area contributed by atoms with E-state index in [1.54, 1.807) is 0 Å². The molecule has 0 amide bonds. The first-order valence-corrected chi connectivity index (χ1v) is 4.41. The lowest BCUT2D eigenvalue weighted by Gasteiger charge is -2.45. The van der Waals surface area contributed by atoms with Crippen LogP contribution in [0.25, 0.3) is 0 Å². The summed E-state index contributed by atoms with van der Waals surface area (Å²) in [6.45, 7) is 0.